The van der Waals surface area contributed by atoms with E-state index < -0.39 is 5.97 Å². The summed E-state index contributed by atoms with van der Waals surface area (Å²) in [5.74, 6) is -1.24. The van der Waals surface area contributed by atoms with Gasteiger partial charge in [0.1, 0.15) is 0 Å². The van der Waals surface area contributed by atoms with Crippen molar-refractivity contribution in [2.24, 2.45) is 0 Å². The number of rotatable bonds is 2. The van der Waals surface area contributed by atoms with Gasteiger partial charge in [0.25, 0.3) is 6.21 Å². The standard InChI is InChI=1S/C6H5NO3S/c8-6(9)3-7(10)5-1-2-11-4-5/h1-4H,(H,8,9). The molecule has 0 saturated heterocycles. The van der Waals surface area contributed by atoms with Crippen LogP contribution in [0, 0.1) is 5.21 Å². The number of hydrogen-bond acceptors (Lipinski definition) is 3. The average Bonchev–Trinajstić information content (AvgIpc) is 2.35. The summed E-state index contributed by atoms with van der Waals surface area (Å²) >= 11 is 1.34. The van der Waals surface area contributed by atoms with Crippen LogP contribution < -0.4 is 0 Å². The Kier molecular flexibility index (Phi) is 2.22. The van der Waals surface area contributed by atoms with Crippen molar-refractivity contribution in [2.75, 3.05) is 0 Å². The van der Waals surface area contributed by atoms with Crippen LogP contribution in [0.1, 0.15) is 0 Å². The molecule has 0 radical (unpaired) electrons. The fourth-order valence-corrected chi connectivity index (χ4v) is 1.18. The lowest BCUT2D eigenvalue weighted by Crippen LogP contribution is -2.05. The van der Waals surface area contributed by atoms with E-state index in [-0.39, 0.29) is 0 Å². The number of aliphatic carboxylic acids is 1. The molecular weight excluding hydrogens is 166 g/mol. The van der Waals surface area contributed by atoms with Gasteiger partial charge in [-0.2, -0.15) is 4.74 Å². The van der Waals surface area contributed by atoms with E-state index in [1.807, 2.05) is 0 Å². The van der Waals surface area contributed by atoms with Crippen LogP contribution in [0.25, 0.3) is 0 Å². The second-order valence-electron chi connectivity index (χ2n) is 1.77. The predicted molar refractivity (Wildman–Crippen MR) is 41.3 cm³/mol. The van der Waals surface area contributed by atoms with Gasteiger partial charge in [0.15, 0.2) is 0 Å². The van der Waals surface area contributed by atoms with Crippen molar-refractivity contribution in [2.45, 2.75) is 0 Å². The number of carbonyl (C=O) groups is 1. The fraction of sp³-hybridized carbons (Fsp3) is 0. The molecule has 11 heavy (non-hydrogen) atoms. The highest BCUT2D eigenvalue weighted by atomic mass is 32.1. The third-order valence-corrected chi connectivity index (χ3v) is 1.66. The van der Waals surface area contributed by atoms with Gasteiger partial charge >= 0.3 is 5.97 Å². The molecule has 0 spiro atoms. The molecule has 0 amide bonds. The molecule has 1 N–H and O–H groups in total. The molecule has 0 fully saturated rings. The Labute approximate surface area is 66.6 Å². The van der Waals surface area contributed by atoms with Gasteiger partial charge in [-0.25, -0.2) is 4.79 Å². The summed E-state index contributed by atoms with van der Waals surface area (Å²) in [5.41, 5.74) is 0.345. The first-order chi connectivity index (χ1) is 5.20. The maximum absolute atomic E-state index is 10.8. The second kappa shape index (κ2) is 3.16. The lowest BCUT2D eigenvalue weighted by Gasteiger charge is -1.95. The van der Waals surface area contributed by atoms with Crippen molar-refractivity contribution in [3.8, 4) is 0 Å². The molecular formula is C6H5NO3S. The van der Waals surface area contributed by atoms with Crippen LogP contribution in [0.4, 0.5) is 5.69 Å². The Hall–Kier alpha value is -1.36. The molecule has 0 aliphatic rings. The Morgan fingerprint density at radius 3 is 3.00 bits per heavy atom. The van der Waals surface area contributed by atoms with E-state index in [9.17, 15) is 10.0 Å². The average molecular weight is 171 g/mol. The van der Waals surface area contributed by atoms with E-state index in [1.54, 1.807) is 16.8 Å². The summed E-state index contributed by atoms with van der Waals surface area (Å²) in [4.78, 5) is 10.0. The largest absolute Gasteiger partial charge is 0.618 e. The van der Waals surface area contributed by atoms with Crippen molar-refractivity contribution in [1.29, 1.82) is 0 Å². The van der Waals surface area contributed by atoms with Gasteiger partial charge in [0.2, 0.25) is 5.69 Å². The van der Waals surface area contributed by atoms with E-state index in [0.717, 1.165) is 0 Å². The first kappa shape index (κ1) is 7.74. The van der Waals surface area contributed by atoms with Crippen LogP contribution in [-0.2, 0) is 4.79 Å². The van der Waals surface area contributed by atoms with Crippen LogP contribution in [0.5, 0.6) is 0 Å². The fourth-order valence-electron chi connectivity index (χ4n) is 0.558. The Bertz CT molecular complexity index is 278. The van der Waals surface area contributed by atoms with Gasteiger partial charge in [-0.3, -0.25) is 0 Å². The summed E-state index contributed by atoms with van der Waals surface area (Å²) in [6.07, 6.45) is 0.571. The van der Waals surface area contributed by atoms with Crippen molar-refractivity contribution in [1.82, 2.24) is 0 Å². The minimum atomic E-state index is -1.24. The van der Waals surface area contributed by atoms with E-state index in [4.69, 9.17) is 5.11 Å². The van der Waals surface area contributed by atoms with E-state index in [1.165, 1.54) is 11.3 Å². The van der Waals surface area contributed by atoms with Gasteiger partial charge < -0.3 is 10.3 Å². The molecule has 0 aliphatic carbocycles. The molecule has 1 aromatic heterocycles. The lowest BCUT2D eigenvalue weighted by molar-refractivity contribution is -0.354. The highest BCUT2D eigenvalue weighted by Crippen LogP contribution is 2.13. The number of carboxylic acid groups (broad SMARTS) is 1. The Morgan fingerprint density at radius 1 is 1.82 bits per heavy atom. The van der Waals surface area contributed by atoms with Crippen molar-refractivity contribution in [3.05, 3.63) is 22.0 Å². The zero-order valence-electron chi connectivity index (χ0n) is 5.43. The van der Waals surface area contributed by atoms with Gasteiger partial charge in [0, 0.05) is 6.07 Å². The maximum Gasteiger partial charge on any atom is 0.394 e. The molecule has 0 unspecified atom stereocenters. The molecule has 0 bridgehead atoms. The zero-order chi connectivity index (χ0) is 8.27. The number of thiophene rings is 1. The molecule has 4 nitrogen and oxygen atoms in total. The van der Waals surface area contributed by atoms with Crippen LogP contribution in [0.2, 0.25) is 0 Å². The van der Waals surface area contributed by atoms with Crippen LogP contribution in [0.3, 0.4) is 0 Å². The summed E-state index contributed by atoms with van der Waals surface area (Å²) in [6, 6.07) is 1.55. The minimum Gasteiger partial charge on any atom is -0.618 e. The SMILES string of the molecule is O=C(O)C=[N+]([O-])c1ccsc1. The number of nitrogens with zero attached hydrogens (tertiary/aromatic N) is 1. The van der Waals surface area contributed by atoms with Crippen LogP contribution in [-0.4, -0.2) is 22.0 Å². The predicted octanol–water partition coefficient (Wildman–Crippen LogP) is 1.05. The monoisotopic (exact) mass is 171 g/mol. The molecule has 1 heterocycles. The first-order valence-electron chi connectivity index (χ1n) is 2.76. The summed E-state index contributed by atoms with van der Waals surface area (Å²) in [5, 5.41) is 22.3. The molecule has 0 aliphatic heterocycles. The normalized spacial score (nSPS) is 11.5. The summed E-state index contributed by atoms with van der Waals surface area (Å²) in [6.45, 7) is 0. The van der Waals surface area contributed by atoms with Crippen molar-refractivity contribution < 1.29 is 14.6 Å². The van der Waals surface area contributed by atoms with Crippen LogP contribution in [0.15, 0.2) is 16.8 Å². The van der Waals surface area contributed by atoms with Crippen molar-refractivity contribution in [3.63, 3.8) is 0 Å². The molecule has 0 atom stereocenters. The molecule has 1 aromatic rings. The van der Waals surface area contributed by atoms with Gasteiger partial charge in [-0.05, 0) is 5.38 Å². The van der Waals surface area contributed by atoms with E-state index >= 15 is 0 Å². The Balaban J connectivity index is 2.86. The highest BCUT2D eigenvalue weighted by Gasteiger charge is 2.03. The molecule has 1 rings (SSSR count). The maximum atomic E-state index is 10.8. The summed E-state index contributed by atoms with van der Waals surface area (Å²) < 4.78 is 0.318. The number of carboxylic acids is 1. The van der Waals surface area contributed by atoms with Crippen LogP contribution >= 0.6 is 11.3 Å². The smallest absolute Gasteiger partial charge is 0.394 e. The quantitative estimate of drug-likeness (QED) is 0.313. The van der Waals surface area contributed by atoms with Crippen molar-refractivity contribution >= 4 is 29.2 Å². The second-order valence-corrected chi connectivity index (χ2v) is 2.55. The first-order valence-corrected chi connectivity index (χ1v) is 3.71. The zero-order valence-corrected chi connectivity index (χ0v) is 6.25. The third kappa shape index (κ3) is 2.05. The summed E-state index contributed by atoms with van der Waals surface area (Å²) in [7, 11) is 0. The number of hydrogen-bond donors (Lipinski definition) is 1. The molecule has 5 heteroatoms. The molecule has 0 aromatic carbocycles. The topological polar surface area (TPSA) is 63.4 Å². The van der Waals surface area contributed by atoms with E-state index in [2.05, 4.69) is 0 Å². The van der Waals surface area contributed by atoms with Gasteiger partial charge in [0.05, 0.1) is 5.38 Å². The van der Waals surface area contributed by atoms with E-state index in [0.29, 0.717) is 16.6 Å². The molecule has 58 valence electrons. The van der Waals surface area contributed by atoms with Gasteiger partial charge in [-0.15, -0.1) is 11.3 Å². The highest BCUT2D eigenvalue weighted by molar-refractivity contribution is 7.08. The Morgan fingerprint density at radius 2 is 2.55 bits per heavy atom. The lowest BCUT2D eigenvalue weighted by atomic mass is 10.5. The third-order valence-electron chi connectivity index (χ3n) is 0.988. The minimum absolute atomic E-state index is 0.318. The molecule has 0 saturated carbocycles. The van der Waals surface area contributed by atoms with Gasteiger partial charge in [-0.1, -0.05) is 0 Å².